The van der Waals surface area contributed by atoms with Crippen molar-refractivity contribution in [2.24, 2.45) is 0 Å². The van der Waals surface area contributed by atoms with Gasteiger partial charge in [0.15, 0.2) is 0 Å². The molecule has 0 aliphatic carbocycles. The van der Waals surface area contributed by atoms with Crippen LogP contribution in [0.4, 0.5) is 5.69 Å². The topological polar surface area (TPSA) is 34.0 Å². The Kier molecular flexibility index (Phi) is 4.18. The first-order chi connectivity index (χ1) is 10.6. The van der Waals surface area contributed by atoms with E-state index in [9.17, 15) is 4.79 Å². The van der Waals surface area contributed by atoms with E-state index in [1.54, 1.807) is 30.3 Å². The SMILES string of the molecule is O=C(Nc1c(Cl)cccc1Cl)c1ccc(-n2cccc2)cc1. The molecule has 3 nitrogen and oxygen atoms in total. The highest BCUT2D eigenvalue weighted by molar-refractivity contribution is 6.40. The van der Waals surface area contributed by atoms with Gasteiger partial charge in [0.25, 0.3) is 5.91 Å². The smallest absolute Gasteiger partial charge is 0.255 e. The summed E-state index contributed by atoms with van der Waals surface area (Å²) in [6.45, 7) is 0. The van der Waals surface area contributed by atoms with Crippen LogP contribution in [0.2, 0.25) is 10.0 Å². The lowest BCUT2D eigenvalue weighted by Crippen LogP contribution is -2.12. The van der Waals surface area contributed by atoms with E-state index in [0.29, 0.717) is 21.3 Å². The lowest BCUT2D eigenvalue weighted by atomic mass is 10.2. The summed E-state index contributed by atoms with van der Waals surface area (Å²) in [5, 5.41) is 3.55. The Hall–Kier alpha value is -2.23. The quantitative estimate of drug-likeness (QED) is 0.717. The third-order valence-electron chi connectivity index (χ3n) is 3.23. The maximum atomic E-state index is 12.3. The summed E-state index contributed by atoms with van der Waals surface area (Å²) >= 11 is 12.1. The third-order valence-corrected chi connectivity index (χ3v) is 3.86. The Morgan fingerprint density at radius 3 is 2.05 bits per heavy atom. The summed E-state index contributed by atoms with van der Waals surface area (Å²) in [5.41, 5.74) is 1.94. The van der Waals surface area contributed by atoms with Gasteiger partial charge in [-0.3, -0.25) is 4.79 Å². The van der Waals surface area contributed by atoms with Gasteiger partial charge in [0, 0.05) is 23.6 Å². The molecule has 110 valence electrons. The van der Waals surface area contributed by atoms with Crippen molar-refractivity contribution in [1.82, 2.24) is 4.57 Å². The minimum Gasteiger partial charge on any atom is -0.324 e. The van der Waals surface area contributed by atoms with Crippen molar-refractivity contribution in [3.05, 3.63) is 82.6 Å². The molecule has 2 aromatic carbocycles. The van der Waals surface area contributed by atoms with Crippen LogP contribution in [0.25, 0.3) is 5.69 Å². The van der Waals surface area contributed by atoms with E-state index in [1.807, 2.05) is 41.2 Å². The van der Waals surface area contributed by atoms with E-state index in [4.69, 9.17) is 23.2 Å². The number of hydrogen-bond donors (Lipinski definition) is 1. The van der Waals surface area contributed by atoms with E-state index in [1.165, 1.54) is 0 Å². The highest BCUT2D eigenvalue weighted by atomic mass is 35.5. The number of rotatable bonds is 3. The second-order valence-corrected chi connectivity index (χ2v) is 5.50. The first-order valence-corrected chi connectivity index (χ1v) is 7.39. The molecule has 3 aromatic rings. The maximum Gasteiger partial charge on any atom is 0.255 e. The molecule has 0 spiro atoms. The average molecular weight is 331 g/mol. The van der Waals surface area contributed by atoms with Gasteiger partial charge in [-0.2, -0.15) is 0 Å². The van der Waals surface area contributed by atoms with E-state index in [-0.39, 0.29) is 5.91 Å². The van der Waals surface area contributed by atoms with E-state index < -0.39 is 0 Å². The second-order valence-electron chi connectivity index (χ2n) is 4.69. The predicted molar refractivity (Wildman–Crippen MR) is 90.2 cm³/mol. The number of carbonyl (C=O) groups excluding carboxylic acids is 1. The van der Waals surface area contributed by atoms with Crippen LogP contribution in [0.5, 0.6) is 0 Å². The van der Waals surface area contributed by atoms with Crippen LogP contribution in [-0.4, -0.2) is 10.5 Å². The summed E-state index contributed by atoms with van der Waals surface area (Å²) in [7, 11) is 0. The number of nitrogens with zero attached hydrogens (tertiary/aromatic N) is 1. The molecule has 5 heteroatoms. The Balaban J connectivity index is 1.81. The van der Waals surface area contributed by atoms with Crippen molar-refractivity contribution in [3.63, 3.8) is 0 Å². The number of hydrogen-bond acceptors (Lipinski definition) is 1. The standard InChI is InChI=1S/C17H12Cl2N2O/c18-14-4-3-5-15(19)16(14)20-17(22)12-6-8-13(9-7-12)21-10-1-2-11-21/h1-11H,(H,20,22). The first kappa shape index (κ1) is 14.7. The van der Waals surface area contributed by atoms with Gasteiger partial charge in [-0.25, -0.2) is 0 Å². The summed E-state index contributed by atoms with van der Waals surface area (Å²) in [5.74, 6) is -0.256. The third kappa shape index (κ3) is 3.01. The summed E-state index contributed by atoms with van der Waals surface area (Å²) in [6.07, 6.45) is 3.89. The normalized spacial score (nSPS) is 10.5. The monoisotopic (exact) mass is 330 g/mol. The van der Waals surface area contributed by atoms with Gasteiger partial charge in [0.05, 0.1) is 15.7 Å². The van der Waals surface area contributed by atoms with Crippen molar-refractivity contribution in [2.45, 2.75) is 0 Å². The highest BCUT2D eigenvalue weighted by Gasteiger charge is 2.11. The van der Waals surface area contributed by atoms with Gasteiger partial charge in [0.2, 0.25) is 0 Å². The van der Waals surface area contributed by atoms with Crippen LogP contribution in [0.1, 0.15) is 10.4 Å². The average Bonchev–Trinajstić information content (AvgIpc) is 3.05. The number of benzene rings is 2. The molecular weight excluding hydrogens is 319 g/mol. The van der Waals surface area contributed by atoms with Gasteiger partial charge in [-0.1, -0.05) is 29.3 Å². The molecule has 22 heavy (non-hydrogen) atoms. The second kappa shape index (κ2) is 6.26. The lowest BCUT2D eigenvalue weighted by Gasteiger charge is -2.10. The summed E-state index contributed by atoms with van der Waals surface area (Å²) in [6, 6.07) is 16.2. The molecule has 1 amide bonds. The van der Waals surface area contributed by atoms with Crippen LogP contribution in [-0.2, 0) is 0 Å². The lowest BCUT2D eigenvalue weighted by molar-refractivity contribution is 0.102. The molecule has 0 saturated heterocycles. The fourth-order valence-electron chi connectivity index (χ4n) is 2.09. The van der Waals surface area contributed by atoms with Gasteiger partial charge >= 0.3 is 0 Å². The molecule has 0 atom stereocenters. The fourth-order valence-corrected chi connectivity index (χ4v) is 2.59. The van der Waals surface area contributed by atoms with Crippen molar-refractivity contribution in [1.29, 1.82) is 0 Å². The molecule has 0 fully saturated rings. The largest absolute Gasteiger partial charge is 0.324 e. The molecule has 0 bridgehead atoms. The van der Waals surface area contributed by atoms with Crippen molar-refractivity contribution < 1.29 is 4.79 Å². The summed E-state index contributed by atoms with van der Waals surface area (Å²) < 4.78 is 1.96. The molecular formula is C17H12Cl2N2O. The number of para-hydroxylation sites is 1. The molecule has 1 heterocycles. The Morgan fingerprint density at radius 1 is 0.864 bits per heavy atom. The Labute approximate surface area is 138 Å². The molecule has 1 N–H and O–H groups in total. The number of carbonyl (C=O) groups is 1. The van der Waals surface area contributed by atoms with Gasteiger partial charge in [-0.15, -0.1) is 0 Å². The predicted octanol–water partition coefficient (Wildman–Crippen LogP) is 5.04. The van der Waals surface area contributed by atoms with Crippen LogP contribution in [0.3, 0.4) is 0 Å². The molecule has 1 aromatic heterocycles. The molecule has 0 aliphatic rings. The Bertz CT molecular complexity index is 776. The zero-order chi connectivity index (χ0) is 15.5. The minimum absolute atomic E-state index is 0.256. The number of amides is 1. The van der Waals surface area contributed by atoms with Crippen LogP contribution >= 0.6 is 23.2 Å². The molecule has 3 rings (SSSR count). The highest BCUT2D eigenvalue weighted by Crippen LogP contribution is 2.30. The van der Waals surface area contributed by atoms with E-state index in [0.717, 1.165) is 5.69 Å². The molecule has 0 unspecified atom stereocenters. The Morgan fingerprint density at radius 2 is 1.45 bits per heavy atom. The van der Waals surface area contributed by atoms with Gasteiger partial charge in [0.1, 0.15) is 0 Å². The zero-order valence-electron chi connectivity index (χ0n) is 11.5. The number of aromatic nitrogens is 1. The minimum atomic E-state index is -0.256. The summed E-state index contributed by atoms with van der Waals surface area (Å²) in [4.78, 5) is 12.3. The van der Waals surface area contributed by atoms with Crippen molar-refractivity contribution >= 4 is 34.8 Å². The number of nitrogens with one attached hydrogen (secondary N) is 1. The van der Waals surface area contributed by atoms with Gasteiger partial charge < -0.3 is 9.88 Å². The van der Waals surface area contributed by atoms with E-state index >= 15 is 0 Å². The molecule has 0 radical (unpaired) electrons. The fraction of sp³-hybridized carbons (Fsp3) is 0. The zero-order valence-corrected chi connectivity index (χ0v) is 13.0. The maximum absolute atomic E-state index is 12.3. The van der Waals surface area contributed by atoms with Crippen molar-refractivity contribution in [3.8, 4) is 5.69 Å². The van der Waals surface area contributed by atoms with Crippen LogP contribution in [0, 0.1) is 0 Å². The number of anilines is 1. The number of halogens is 2. The van der Waals surface area contributed by atoms with Crippen molar-refractivity contribution in [2.75, 3.05) is 5.32 Å². The van der Waals surface area contributed by atoms with Gasteiger partial charge in [-0.05, 0) is 48.5 Å². The van der Waals surface area contributed by atoms with Crippen LogP contribution in [0.15, 0.2) is 67.0 Å². The van der Waals surface area contributed by atoms with E-state index in [2.05, 4.69) is 5.32 Å². The molecule has 0 saturated carbocycles. The first-order valence-electron chi connectivity index (χ1n) is 6.64. The van der Waals surface area contributed by atoms with Crippen LogP contribution < -0.4 is 5.32 Å². The molecule has 0 aliphatic heterocycles.